The Morgan fingerprint density at radius 3 is 2.43 bits per heavy atom. The van der Waals surface area contributed by atoms with Crippen molar-refractivity contribution in [1.29, 1.82) is 0 Å². The summed E-state index contributed by atoms with van der Waals surface area (Å²) in [5.74, 6) is -0.578. The summed E-state index contributed by atoms with van der Waals surface area (Å²) in [6.45, 7) is 1.98. The third kappa shape index (κ3) is 11.5. The van der Waals surface area contributed by atoms with Crippen molar-refractivity contribution < 1.29 is 19.5 Å². The number of carbonyl (C=O) groups excluding carboxylic acids is 2. The average Bonchev–Trinajstić information content (AvgIpc) is 3.12. The number of hydrogen-bond acceptors (Lipinski definition) is 7. The highest BCUT2D eigenvalue weighted by atomic mass is 32.1. The van der Waals surface area contributed by atoms with Crippen LogP contribution in [0, 0.1) is 10.1 Å². The van der Waals surface area contributed by atoms with Crippen molar-refractivity contribution >= 4 is 28.3 Å². The van der Waals surface area contributed by atoms with Gasteiger partial charge in [-0.3, -0.25) is 9.59 Å². The van der Waals surface area contributed by atoms with Crippen molar-refractivity contribution in [3.05, 3.63) is 21.2 Å². The van der Waals surface area contributed by atoms with Crippen molar-refractivity contribution in [1.82, 2.24) is 10.3 Å². The molecule has 0 aliphatic heterocycles. The number of carbonyl (C=O) groups is 2. The third-order valence-corrected chi connectivity index (χ3v) is 4.83. The molecule has 1 aromatic heterocycles. The molecule has 0 radical (unpaired) electrons. The summed E-state index contributed by atoms with van der Waals surface area (Å²) in [6, 6.07) is 0. The summed E-state index contributed by atoms with van der Waals surface area (Å²) in [7, 11) is 0. The lowest BCUT2D eigenvalue weighted by Crippen LogP contribution is -2.28. The van der Waals surface area contributed by atoms with E-state index in [1.807, 2.05) is 0 Å². The van der Waals surface area contributed by atoms with Gasteiger partial charge in [0.2, 0.25) is 5.91 Å². The zero-order valence-electron chi connectivity index (χ0n) is 16.4. The minimum Gasteiger partial charge on any atom is -0.349 e. The number of nitrogens with zero attached hydrogens (tertiary/aromatic N) is 2. The van der Waals surface area contributed by atoms with Crippen molar-refractivity contribution in [3.63, 3.8) is 0 Å². The Labute approximate surface area is 169 Å². The van der Waals surface area contributed by atoms with Crippen LogP contribution in [0.5, 0.6) is 0 Å². The van der Waals surface area contributed by atoms with Crippen LogP contribution in [0.25, 0.3) is 0 Å². The Hall–Kier alpha value is -2.23. The van der Waals surface area contributed by atoms with E-state index in [9.17, 15) is 19.7 Å². The van der Waals surface area contributed by atoms with Crippen LogP contribution in [0.3, 0.4) is 0 Å². The zero-order chi connectivity index (χ0) is 20.6. The molecule has 9 nitrogen and oxygen atoms in total. The minimum absolute atomic E-state index is 0.00234. The predicted molar refractivity (Wildman–Crippen MR) is 108 cm³/mol. The number of rotatable bonds is 16. The Bertz CT molecular complexity index is 609. The van der Waals surface area contributed by atoms with Gasteiger partial charge in [-0.05, 0) is 6.42 Å². The minimum atomic E-state index is -0.920. The van der Waals surface area contributed by atoms with Gasteiger partial charge in [-0.1, -0.05) is 58.3 Å². The van der Waals surface area contributed by atoms with Crippen LogP contribution in [0.15, 0.2) is 5.38 Å². The van der Waals surface area contributed by atoms with Crippen molar-refractivity contribution in [2.75, 3.05) is 18.5 Å². The molecule has 0 aliphatic rings. The highest BCUT2D eigenvalue weighted by Gasteiger charge is 2.12. The van der Waals surface area contributed by atoms with Gasteiger partial charge in [0, 0.05) is 18.3 Å². The summed E-state index contributed by atoms with van der Waals surface area (Å²) < 4.78 is 0. The molecule has 0 fully saturated rings. The molecule has 1 rings (SSSR count). The largest absolute Gasteiger partial charge is 0.349 e. The standard InChI is InChI=1S/C18H30N4O5S/c1-2-3-4-5-6-7-8-9-10-11-16(23)21-18-20-15(14-28-18)17(24)19-12-13-27-22(25)26/h14H,2-13H2,1H3,(H,19,24)(H,20,21,23). The zero-order valence-corrected chi connectivity index (χ0v) is 17.2. The number of unbranched alkanes of at least 4 members (excludes halogenated alkanes) is 8. The molecule has 1 heterocycles. The van der Waals surface area contributed by atoms with E-state index in [1.54, 1.807) is 0 Å². The molecule has 0 saturated heterocycles. The molecule has 28 heavy (non-hydrogen) atoms. The van der Waals surface area contributed by atoms with Crippen LogP contribution < -0.4 is 10.6 Å². The van der Waals surface area contributed by atoms with E-state index in [0.29, 0.717) is 11.6 Å². The molecular weight excluding hydrogens is 384 g/mol. The summed E-state index contributed by atoms with van der Waals surface area (Å²) in [4.78, 5) is 42.0. The molecule has 0 saturated carbocycles. The monoisotopic (exact) mass is 414 g/mol. The Balaban J connectivity index is 2.13. The van der Waals surface area contributed by atoms with Gasteiger partial charge in [0.15, 0.2) is 5.13 Å². The maximum absolute atomic E-state index is 11.9. The summed E-state index contributed by atoms with van der Waals surface area (Å²) in [6.07, 6.45) is 11.2. The van der Waals surface area contributed by atoms with Gasteiger partial charge >= 0.3 is 0 Å². The molecular formula is C18H30N4O5S. The van der Waals surface area contributed by atoms with Crippen molar-refractivity contribution in [3.8, 4) is 0 Å². The molecule has 0 aromatic carbocycles. The van der Waals surface area contributed by atoms with Crippen LogP contribution in [-0.2, 0) is 9.63 Å². The van der Waals surface area contributed by atoms with Crippen LogP contribution in [0.1, 0.15) is 81.6 Å². The lowest BCUT2D eigenvalue weighted by atomic mass is 10.1. The number of thiazole rings is 1. The normalized spacial score (nSPS) is 10.5. The Morgan fingerprint density at radius 2 is 1.79 bits per heavy atom. The first kappa shape index (κ1) is 23.8. The summed E-state index contributed by atoms with van der Waals surface area (Å²) in [5.41, 5.74) is 0.157. The maximum atomic E-state index is 11.9. The first-order valence-corrected chi connectivity index (χ1v) is 10.7. The van der Waals surface area contributed by atoms with Crippen LogP contribution in [0.2, 0.25) is 0 Å². The molecule has 0 unspecified atom stereocenters. The first-order chi connectivity index (χ1) is 13.5. The quantitative estimate of drug-likeness (QED) is 0.240. The van der Waals surface area contributed by atoms with Crippen LogP contribution in [0.4, 0.5) is 5.13 Å². The molecule has 0 spiro atoms. The predicted octanol–water partition coefficient (Wildman–Crippen LogP) is 3.94. The molecule has 0 aliphatic carbocycles. The SMILES string of the molecule is CCCCCCCCCCCC(=O)Nc1nc(C(=O)NCCO[N+](=O)[O-])cs1. The summed E-state index contributed by atoms with van der Waals surface area (Å²) >= 11 is 1.16. The van der Waals surface area contributed by atoms with Crippen LogP contribution >= 0.6 is 11.3 Å². The maximum Gasteiger partial charge on any atom is 0.294 e. The van der Waals surface area contributed by atoms with Gasteiger partial charge in [-0.25, -0.2) is 4.98 Å². The third-order valence-electron chi connectivity index (χ3n) is 4.07. The van der Waals surface area contributed by atoms with E-state index in [2.05, 4.69) is 27.4 Å². The van der Waals surface area contributed by atoms with Crippen molar-refractivity contribution in [2.24, 2.45) is 0 Å². The molecule has 0 atom stereocenters. The second kappa shape index (κ2) is 14.8. The van der Waals surface area contributed by atoms with E-state index in [4.69, 9.17) is 0 Å². The molecule has 2 amide bonds. The molecule has 10 heteroatoms. The fourth-order valence-corrected chi connectivity index (χ4v) is 3.30. The highest BCUT2D eigenvalue weighted by Crippen LogP contribution is 2.16. The van der Waals surface area contributed by atoms with Gasteiger partial charge in [0.25, 0.3) is 11.0 Å². The average molecular weight is 415 g/mol. The van der Waals surface area contributed by atoms with E-state index in [-0.39, 0.29) is 24.8 Å². The smallest absolute Gasteiger partial charge is 0.294 e. The van der Waals surface area contributed by atoms with E-state index >= 15 is 0 Å². The Kier molecular flexibility index (Phi) is 12.6. The van der Waals surface area contributed by atoms with Gasteiger partial charge < -0.3 is 15.5 Å². The first-order valence-electron chi connectivity index (χ1n) is 9.83. The number of aromatic nitrogens is 1. The fraction of sp³-hybridized carbons (Fsp3) is 0.722. The van der Waals surface area contributed by atoms with E-state index in [0.717, 1.165) is 30.6 Å². The summed E-state index contributed by atoms with van der Waals surface area (Å²) in [5, 5.41) is 16.1. The Morgan fingerprint density at radius 1 is 1.14 bits per heavy atom. The fourth-order valence-electron chi connectivity index (χ4n) is 2.59. The molecule has 158 valence electrons. The van der Waals surface area contributed by atoms with Gasteiger partial charge in [-0.2, -0.15) is 0 Å². The van der Waals surface area contributed by atoms with Gasteiger partial charge in [0.05, 0.1) is 0 Å². The second-order valence-electron chi connectivity index (χ2n) is 6.48. The van der Waals surface area contributed by atoms with Gasteiger partial charge in [-0.15, -0.1) is 21.5 Å². The number of hydrogen-bond donors (Lipinski definition) is 2. The lowest BCUT2D eigenvalue weighted by molar-refractivity contribution is -0.757. The number of anilines is 1. The van der Waals surface area contributed by atoms with E-state index in [1.165, 1.54) is 43.9 Å². The molecule has 2 N–H and O–H groups in total. The molecule has 1 aromatic rings. The lowest BCUT2D eigenvalue weighted by Gasteiger charge is -2.03. The van der Waals surface area contributed by atoms with E-state index < -0.39 is 11.0 Å². The van der Waals surface area contributed by atoms with Gasteiger partial charge in [0.1, 0.15) is 12.3 Å². The van der Waals surface area contributed by atoms with Crippen LogP contribution in [-0.4, -0.2) is 35.0 Å². The second-order valence-corrected chi connectivity index (χ2v) is 7.34. The topological polar surface area (TPSA) is 123 Å². The number of nitrogens with one attached hydrogen (secondary N) is 2. The number of amides is 2. The molecule has 0 bridgehead atoms. The highest BCUT2D eigenvalue weighted by molar-refractivity contribution is 7.14. The van der Waals surface area contributed by atoms with Crippen molar-refractivity contribution in [2.45, 2.75) is 71.1 Å².